The van der Waals surface area contributed by atoms with Crippen molar-refractivity contribution >= 4 is 11.7 Å². The molecule has 24 heavy (non-hydrogen) atoms. The Hall–Kier alpha value is -3.15. The lowest BCUT2D eigenvalue weighted by molar-refractivity contribution is 0.0943. The molecule has 1 amide bonds. The SMILES string of the molecule is CC(Nc1cc(C(=O)NCc2ccco2)ncn1)c1ccccc1. The number of amides is 1. The summed E-state index contributed by atoms with van der Waals surface area (Å²) in [6, 6.07) is 15.3. The van der Waals surface area contributed by atoms with Crippen LogP contribution in [-0.2, 0) is 6.54 Å². The fourth-order valence-corrected chi connectivity index (χ4v) is 2.28. The molecule has 1 atom stereocenters. The minimum absolute atomic E-state index is 0.0696. The number of aromatic nitrogens is 2. The Morgan fingerprint density at radius 2 is 2.00 bits per heavy atom. The van der Waals surface area contributed by atoms with Crippen molar-refractivity contribution in [3.8, 4) is 0 Å². The predicted molar refractivity (Wildman–Crippen MR) is 90.4 cm³/mol. The second kappa shape index (κ2) is 7.41. The molecule has 0 spiro atoms. The molecule has 2 heterocycles. The zero-order valence-corrected chi connectivity index (χ0v) is 13.3. The van der Waals surface area contributed by atoms with E-state index >= 15 is 0 Å². The summed E-state index contributed by atoms with van der Waals surface area (Å²) in [5, 5.41) is 6.04. The van der Waals surface area contributed by atoms with Crippen LogP contribution in [0.3, 0.4) is 0 Å². The van der Waals surface area contributed by atoms with E-state index < -0.39 is 0 Å². The van der Waals surface area contributed by atoms with Crippen LogP contribution in [0.1, 0.15) is 34.8 Å². The fourth-order valence-electron chi connectivity index (χ4n) is 2.28. The molecule has 0 saturated heterocycles. The van der Waals surface area contributed by atoms with E-state index in [2.05, 4.69) is 20.6 Å². The van der Waals surface area contributed by atoms with Crippen LogP contribution >= 0.6 is 0 Å². The maximum absolute atomic E-state index is 12.2. The van der Waals surface area contributed by atoms with Gasteiger partial charge in [0, 0.05) is 12.1 Å². The molecule has 2 N–H and O–H groups in total. The maximum atomic E-state index is 12.2. The van der Waals surface area contributed by atoms with Gasteiger partial charge in [-0.1, -0.05) is 30.3 Å². The molecule has 3 rings (SSSR count). The van der Waals surface area contributed by atoms with Crippen molar-refractivity contribution in [2.24, 2.45) is 0 Å². The van der Waals surface area contributed by atoms with E-state index in [1.807, 2.05) is 37.3 Å². The quantitative estimate of drug-likeness (QED) is 0.728. The highest BCUT2D eigenvalue weighted by atomic mass is 16.3. The lowest BCUT2D eigenvalue weighted by Crippen LogP contribution is -2.24. The van der Waals surface area contributed by atoms with Crippen molar-refractivity contribution < 1.29 is 9.21 Å². The summed E-state index contributed by atoms with van der Waals surface area (Å²) in [6.45, 7) is 2.35. The van der Waals surface area contributed by atoms with Gasteiger partial charge in [-0.3, -0.25) is 4.79 Å². The minimum Gasteiger partial charge on any atom is -0.467 e. The Balaban J connectivity index is 1.64. The van der Waals surface area contributed by atoms with Crippen molar-refractivity contribution in [1.82, 2.24) is 15.3 Å². The molecule has 0 aliphatic heterocycles. The molecule has 122 valence electrons. The second-order valence-corrected chi connectivity index (χ2v) is 5.33. The average molecular weight is 322 g/mol. The van der Waals surface area contributed by atoms with Gasteiger partial charge >= 0.3 is 0 Å². The summed E-state index contributed by atoms with van der Waals surface area (Å²) < 4.78 is 5.19. The first-order valence-electron chi connectivity index (χ1n) is 7.66. The van der Waals surface area contributed by atoms with E-state index in [9.17, 15) is 4.79 Å². The van der Waals surface area contributed by atoms with Crippen LogP contribution in [0.2, 0.25) is 0 Å². The van der Waals surface area contributed by atoms with Gasteiger partial charge in [0.15, 0.2) is 0 Å². The van der Waals surface area contributed by atoms with Gasteiger partial charge in [0.25, 0.3) is 5.91 Å². The van der Waals surface area contributed by atoms with Crippen LogP contribution in [-0.4, -0.2) is 15.9 Å². The smallest absolute Gasteiger partial charge is 0.270 e. The third-order valence-electron chi connectivity index (χ3n) is 3.57. The Kier molecular flexibility index (Phi) is 4.86. The number of nitrogens with zero attached hydrogens (tertiary/aromatic N) is 2. The van der Waals surface area contributed by atoms with Crippen LogP contribution in [0.25, 0.3) is 0 Å². The van der Waals surface area contributed by atoms with Crippen LogP contribution < -0.4 is 10.6 Å². The van der Waals surface area contributed by atoms with Crippen molar-refractivity contribution in [3.63, 3.8) is 0 Å². The third kappa shape index (κ3) is 3.98. The number of nitrogens with one attached hydrogen (secondary N) is 2. The van der Waals surface area contributed by atoms with Gasteiger partial charge in [-0.15, -0.1) is 0 Å². The second-order valence-electron chi connectivity index (χ2n) is 5.33. The van der Waals surface area contributed by atoms with E-state index in [0.29, 0.717) is 23.8 Å². The zero-order valence-electron chi connectivity index (χ0n) is 13.3. The fraction of sp³-hybridized carbons (Fsp3) is 0.167. The van der Waals surface area contributed by atoms with Crippen LogP contribution in [0.15, 0.2) is 65.5 Å². The largest absolute Gasteiger partial charge is 0.467 e. The lowest BCUT2D eigenvalue weighted by atomic mass is 10.1. The molecule has 0 saturated carbocycles. The monoisotopic (exact) mass is 322 g/mol. The van der Waals surface area contributed by atoms with Crippen LogP contribution in [0.5, 0.6) is 0 Å². The number of carbonyl (C=O) groups is 1. The van der Waals surface area contributed by atoms with Gasteiger partial charge in [0.05, 0.1) is 12.8 Å². The highest BCUT2D eigenvalue weighted by Crippen LogP contribution is 2.17. The van der Waals surface area contributed by atoms with E-state index in [0.717, 1.165) is 5.56 Å². The molecular formula is C18H18N4O2. The topological polar surface area (TPSA) is 80.0 Å². The summed E-state index contributed by atoms with van der Waals surface area (Å²) >= 11 is 0. The first kappa shape index (κ1) is 15.7. The Morgan fingerprint density at radius 3 is 2.75 bits per heavy atom. The number of furan rings is 1. The Morgan fingerprint density at radius 1 is 1.17 bits per heavy atom. The number of hydrogen-bond acceptors (Lipinski definition) is 5. The Bertz CT molecular complexity index is 788. The predicted octanol–water partition coefficient (Wildman–Crippen LogP) is 3.17. The van der Waals surface area contributed by atoms with Gasteiger partial charge in [0.1, 0.15) is 23.6 Å². The van der Waals surface area contributed by atoms with E-state index in [1.54, 1.807) is 24.5 Å². The van der Waals surface area contributed by atoms with Crippen molar-refractivity contribution in [3.05, 3.63) is 78.1 Å². The highest BCUT2D eigenvalue weighted by molar-refractivity contribution is 5.92. The minimum atomic E-state index is -0.274. The zero-order chi connectivity index (χ0) is 16.8. The summed E-state index contributed by atoms with van der Waals surface area (Å²) in [5.74, 6) is 1.02. The van der Waals surface area contributed by atoms with Crippen molar-refractivity contribution in [1.29, 1.82) is 0 Å². The molecule has 3 aromatic rings. The van der Waals surface area contributed by atoms with Crippen LogP contribution in [0.4, 0.5) is 5.82 Å². The summed E-state index contributed by atoms with van der Waals surface area (Å²) in [6.07, 6.45) is 2.95. The molecule has 0 fully saturated rings. The summed E-state index contributed by atoms with van der Waals surface area (Å²) in [7, 11) is 0. The van der Waals surface area contributed by atoms with E-state index in [4.69, 9.17) is 4.42 Å². The number of rotatable bonds is 6. The first-order chi connectivity index (χ1) is 11.7. The lowest BCUT2D eigenvalue weighted by Gasteiger charge is -2.15. The van der Waals surface area contributed by atoms with Gasteiger partial charge in [-0.2, -0.15) is 0 Å². The molecule has 0 radical (unpaired) electrons. The molecular weight excluding hydrogens is 304 g/mol. The molecule has 6 heteroatoms. The van der Waals surface area contributed by atoms with E-state index in [1.165, 1.54) is 6.33 Å². The van der Waals surface area contributed by atoms with Gasteiger partial charge in [-0.25, -0.2) is 9.97 Å². The third-order valence-corrected chi connectivity index (χ3v) is 3.57. The Labute approximate surface area is 140 Å². The normalized spacial score (nSPS) is 11.7. The number of hydrogen-bond donors (Lipinski definition) is 2. The summed E-state index contributed by atoms with van der Waals surface area (Å²) in [4.78, 5) is 20.4. The molecule has 1 unspecified atom stereocenters. The number of benzene rings is 1. The van der Waals surface area contributed by atoms with Crippen LogP contribution in [0, 0.1) is 0 Å². The van der Waals surface area contributed by atoms with Gasteiger partial charge in [-0.05, 0) is 24.6 Å². The summed E-state index contributed by atoms with van der Waals surface area (Å²) in [5.41, 5.74) is 1.44. The maximum Gasteiger partial charge on any atom is 0.270 e. The standard InChI is InChI=1S/C18H18N4O2/c1-13(14-6-3-2-4-7-14)22-17-10-16(20-12-21-17)18(23)19-11-15-8-5-9-24-15/h2-10,12-13H,11H2,1H3,(H,19,23)(H,20,21,22). The van der Waals surface area contributed by atoms with Crippen molar-refractivity contribution in [2.75, 3.05) is 5.32 Å². The van der Waals surface area contributed by atoms with Gasteiger partial charge < -0.3 is 15.1 Å². The average Bonchev–Trinajstić information content (AvgIpc) is 3.14. The number of anilines is 1. The molecule has 2 aromatic heterocycles. The highest BCUT2D eigenvalue weighted by Gasteiger charge is 2.11. The van der Waals surface area contributed by atoms with E-state index in [-0.39, 0.29) is 11.9 Å². The first-order valence-corrected chi connectivity index (χ1v) is 7.66. The molecule has 0 aliphatic rings. The molecule has 0 aliphatic carbocycles. The van der Waals surface area contributed by atoms with Crippen molar-refractivity contribution in [2.45, 2.75) is 19.5 Å². The number of carbonyl (C=O) groups excluding carboxylic acids is 1. The molecule has 1 aromatic carbocycles. The molecule has 6 nitrogen and oxygen atoms in total. The molecule has 0 bridgehead atoms. The van der Waals surface area contributed by atoms with Gasteiger partial charge in [0.2, 0.25) is 0 Å².